The Kier molecular flexibility index (Phi) is 3.76. The van der Waals surface area contributed by atoms with Crippen LogP contribution in [0.3, 0.4) is 0 Å². The number of hydrogen-bond acceptors (Lipinski definition) is 3. The lowest BCUT2D eigenvalue weighted by molar-refractivity contribution is -0.384. The van der Waals surface area contributed by atoms with Crippen molar-refractivity contribution in [3.8, 4) is 5.69 Å². The number of nitro groups is 1. The number of aliphatic hydroxyl groups is 1. The quantitative estimate of drug-likeness (QED) is 0.579. The number of non-ortho nitro benzene ring substituents is 1. The molecule has 124 valence electrons. The third-order valence-electron chi connectivity index (χ3n) is 3.72. The molecule has 1 N–H and O–H groups in total. The average molecular weight is 336 g/mol. The molecule has 0 atom stereocenters. The summed E-state index contributed by atoms with van der Waals surface area (Å²) in [6.07, 6.45) is -2.87. The molecule has 24 heavy (non-hydrogen) atoms. The molecule has 0 aliphatic heterocycles. The van der Waals surface area contributed by atoms with Gasteiger partial charge in [-0.3, -0.25) is 10.1 Å². The molecule has 3 rings (SSSR count). The number of alkyl halides is 3. The summed E-state index contributed by atoms with van der Waals surface area (Å²) in [6.45, 7) is -0.342. The third-order valence-corrected chi connectivity index (χ3v) is 3.72. The highest BCUT2D eigenvalue weighted by Crippen LogP contribution is 2.32. The van der Waals surface area contributed by atoms with Crippen LogP contribution in [0.4, 0.5) is 18.9 Å². The van der Waals surface area contributed by atoms with Crippen molar-refractivity contribution in [2.75, 3.05) is 0 Å². The van der Waals surface area contributed by atoms with E-state index in [2.05, 4.69) is 0 Å². The zero-order valence-electron chi connectivity index (χ0n) is 12.1. The normalized spacial score (nSPS) is 11.8. The first-order chi connectivity index (χ1) is 11.3. The van der Waals surface area contributed by atoms with Gasteiger partial charge in [-0.05, 0) is 30.3 Å². The topological polar surface area (TPSA) is 68.3 Å². The van der Waals surface area contributed by atoms with Crippen LogP contribution in [-0.2, 0) is 12.8 Å². The van der Waals surface area contributed by atoms with Crippen LogP contribution in [0.15, 0.2) is 48.7 Å². The first-order valence-corrected chi connectivity index (χ1v) is 6.88. The molecule has 0 amide bonds. The van der Waals surface area contributed by atoms with E-state index in [1.54, 1.807) is 10.8 Å². The van der Waals surface area contributed by atoms with Gasteiger partial charge in [0.15, 0.2) is 0 Å². The number of hydrogen-bond donors (Lipinski definition) is 1. The van der Waals surface area contributed by atoms with E-state index < -0.39 is 16.7 Å². The highest BCUT2D eigenvalue weighted by atomic mass is 19.4. The summed E-state index contributed by atoms with van der Waals surface area (Å²) in [5, 5.41) is 20.8. The molecule has 0 radical (unpaired) electrons. The highest BCUT2D eigenvalue weighted by molar-refractivity contribution is 5.87. The van der Waals surface area contributed by atoms with E-state index in [1.807, 2.05) is 0 Å². The maximum atomic E-state index is 12.7. The lowest BCUT2D eigenvalue weighted by Crippen LogP contribution is -2.04. The van der Waals surface area contributed by atoms with Gasteiger partial charge < -0.3 is 9.67 Å². The minimum absolute atomic E-state index is 0.123. The summed E-state index contributed by atoms with van der Waals surface area (Å²) >= 11 is 0. The molecular formula is C16H11F3N2O3. The fraction of sp³-hybridized carbons (Fsp3) is 0.125. The summed E-state index contributed by atoms with van der Waals surface area (Å²) < 4.78 is 39.5. The van der Waals surface area contributed by atoms with E-state index in [1.165, 1.54) is 30.3 Å². The highest BCUT2D eigenvalue weighted by Gasteiger charge is 2.30. The van der Waals surface area contributed by atoms with E-state index in [0.717, 1.165) is 12.1 Å². The maximum Gasteiger partial charge on any atom is 0.416 e. The number of fused-ring (bicyclic) bond motifs is 1. The van der Waals surface area contributed by atoms with E-state index >= 15 is 0 Å². The summed E-state index contributed by atoms with van der Waals surface area (Å²) in [5.74, 6) is 0. The number of aromatic nitrogens is 1. The summed E-state index contributed by atoms with van der Waals surface area (Å²) in [4.78, 5) is 10.3. The van der Waals surface area contributed by atoms with Crippen LogP contribution >= 0.6 is 0 Å². The van der Waals surface area contributed by atoms with Crippen molar-refractivity contribution in [2.45, 2.75) is 12.8 Å². The van der Waals surface area contributed by atoms with Crippen molar-refractivity contribution in [1.29, 1.82) is 0 Å². The number of rotatable bonds is 3. The van der Waals surface area contributed by atoms with Crippen LogP contribution in [0.25, 0.3) is 16.6 Å². The second-order valence-electron chi connectivity index (χ2n) is 5.19. The van der Waals surface area contributed by atoms with Gasteiger partial charge in [-0.1, -0.05) is 0 Å². The predicted molar refractivity (Wildman–Crippen MR) is 80.9 cm³/mol. The van der Waals surface area contributed by atoms with Crippen LogP contribution in [-0.4, -0.2) is 14.6 Å². The Hall–Kier alpha value is -2.87. The van der Waals surface area contributed by atoms with Gasteiger partial charge in [0.05, 0.1) is 22.6 Å². The summed E-state index contributed by atoms with van der Waals surface area (Å²) in [7, 11) is 0. The lowest BCUT2D eigenvalue weighted by atomic mass is 10.1. The zero-order valence-corrected chi connectivity index (χ0v) is 12.1. The molecule has 0 unspecified atom stereocenters. The van der Waals surface area contributed by atoms with Gasteiger partial charge in [-0.2, -0.15) is 13.2 Å². The van der Waals surface area contributed by atoms with Gasteiger partial charge in [0.25, 0.3) is 5.69 Å². The van der Waals surface area contributed by atoms with Crippen molar-refractivity contribution >= 4 is 16.6 Å². The van der Waals surface area contributed by atoms with Gasteiger partial charge in [0, 0.05) is 35.0 Å². The average Bonchev–Trinajstić information content (AvgIpc) is 2.92. The number of benzene rings is 2. The molecule has 0 aliphatic rings. The Bertz CT molecular complexity index is 915. The lowest BCUT2D eigenvalue weighted by Gasteiger charge is -2.09. The Morgan fingerprint density at radius 2 is 1.79 bits per heavy atom. The number of aliphatic hydroxyl groups excluding tert-OH is 1. The molecule has 0 saturated carbocycles. The Labute approximate surface area is 133 Å². The fourth-order valence-electron chi connectivity index (χ4n) is 2.55. The van der Waals surface area contributed by atoms with Crippen LogP contribution in [0, 0.1) is 10.1 Å². The monoisotopic (exact) mass is 336 g/mol. The third kappa shape index (κ3) is 2.71. The molecule has 1 aromatic heterocycles. The number of nitrogens with zero attached hydrogens (tertiary/aromatic N) is 2. The van der Waals surface area contributed by atoms with Crippen LogP contribution in [0.1, 0.15) is 11.1 Å². The predicted octanol–water partition coefficient (Wildman–Crippen LogP) is 4.05. The second-order valence-corrected chi connectivity index (χ2v) is 5.19. The van der Waals surface area contributed by atoms with Crippen LogP contribution in [0.5, 0.6) is 0 Å². The van der Waals surface area contributed by atoms with E-state index in [-0.39, 0.29) is 12.3 Å². The molecule has 0 spiro atoms. The van der Waals surface area contributed by atoms with Gasteiger partial charge in [-0.25, -0.2) is 0 Å². The first kappa shape index (κ1) is 16.0. The van der Waals surface area contributed by atoms with Crippen molar-refractivity contribution in [3.05, 3.63) is 69.9 Å². The molecule has 0 saturated heterocycles. The Balaban J connectivity index is 2.14. The molecule has 8 heteroatoms. The molecule has 5 nitrogen and oxygen atoms in total. The molecule has 0 fully saturated rings. The molecule has 2 aromatic carbocycles. The molecule has 1 heterocycles. The van der Waals surface area contributed by atoms with E-state index in [4.69, 9.17) is 0 Å². The maximum absolute atomic E-state index is 12.7. The Morgan fingerprint density at radius 1 is 1.12 bits per heavy atom. The van der Waals surface area contributed by atoms with Gasteiger partial charge in [-0.15, -0.1) is 0 Å². The summed E-state index contributed by atoms with van der Waals surface area (Å²) in [6, 6.07) is 8.70. The Morgan fingerprint density at radius 3 is 2.33 bits per heavy atom. The molecule has 0 aliphatic carbocycles. The molecular weight excluding hydrogens is 325 g/mol. The standard InChI is InChI=1S/C16H11F3N2O3/c17-16(18,19)11-1-3-12(4-2-11)20-8-10(9-22)14-7-13(21(23)24)5-6-15(14)20/h1-8,22H,9H2. The minimum atomic E-state index is -4.42. The largest absolute Gasteiger partial charge is 0.416 e. The van der Waals surface area contributed by atoms with E-state index in [9.17, 15) is 28.4 Å². The van der Waals surface area contributed by atoms with Crippen molar-refractivity contribution in [3.63, 3.8) is 0 Å². The minimum Gasteiger partial charge on any atom is -0.392 e. The SMILES string of the molecule is O=[N+]([O-])c1ccc2c(c1)c(CO)cn2-c1ccc(C(F)(F)F)cc1. The van der Waals surface area contributed by atoms with Crippen LogP contribution < -0.4 is 0 Å². The van der Waals surface area contributed by atoms with Gasteiger partial charge in [0.1, 0.15) is 0 Å². The van der Waals surface area contributed by atoms with Crippen molar-refractivity contribution in [2.24, 2.45) is 0 Å². The van der Waals surface area contributed by atoms with Gasteiger partial charge >= 0.3 is 6.18 Å². The molecule has 0 bridgehead atoms. The number of halogens is 3. The van der Waals surface area contributed by atoms with Crippen molar-refractivity contribution in [1.82, 2.24) is 4.57 Å². The molecule has 3 aromatic rings. The van der Waals surface area contributed by atoms with Crippen LogP contribution in [0.2, 0.25) is 0 Å². The first-order valence-electron chi connectivity index (χ1n) is 6.88. The van der Waals surface area contributed by atoms with E-state index in [0.29, 0.717) is 22.2 Å². The van der Waals surface area contributed by atoms with Gasteiger partial charge in [0.2, 0.25) is 0 Å². The second kappa shape index (κ2) is 5.64. The smallest absolute Gasteiger partial charge is 0.392 e. The van der Waals surface area contributed by atoms with Crippen molar-refractivity contribution < 1.29 is 23.2 Å². The number of nitro benzene ring substituents is 1. The summed E-state index contributed by atoms with van der Waals surface area (Å²) in [5.41, 5.74) is 0.586. The fourth-order valence-corrected chi connectivity index (χ4v) is 2.55. The zero-order chi connectivity index (χ0) is 17.5.